The van der Waals surface area contributed by atoms with E-state index in [1.807, 2.05) is 18.1 Å². The molecule has 0 spiro atoms. The molecule has 1 rings (SSSR count). The highest BCUT2D eigenvalue weighted by atomic mass is 32.2. The summed E-state index contributed by atoms with van der Waals surface area (Å²) in [6.07, 6.45) is 1.93. The third kappa shape index (κ3) is 1.31. The molecule has 0 bridgehead atoms. The van der Waals surface area contributed by atoms with Crippen molar-refractivity contribution < 1.29 is 4.79 Å². The molecule has 1 heterocycles. The average molecular weight is 158 g/mol. The van der Waals surface area contributed by atoms with Crippen LogP contribution in [0.5, 0.6) is 0 Å². The van der Waals surface area contributed by atoms with Gasteiger partial charge in [0.25, 0.3) is 5.91 Å². The Hall–Kier alpha value is -0.510. The lowest BCUT2D eigenvalue weighted by atomic mass is 10.5. The van der Waals surface area contributed by atoms with Crippen LogP contribution in [0.25, 0.3) is 0 Å². The van der Waals surface area contributed by atoms with Gasteiger partial charge in [0.05, 0.1) is 0 Å². The van der Waals surface area contributed by atoms with Gasteiger partial charge < -0.3 is 4.90 Å². The summed E-state index contributed by atoms with van der Waals surface area (Å²) < 4.78 is 0. The number of rotatable bonds is 1. The zero-order valence-corrected chi connectivity index (χ0v) is 6.94. The van der Waals surface area contributed by atoms with Crippen LogP contribution in [-0.2, 0) is 4.79 Å². The van der Waals surface area contributed by atoms with E-state index in [2.05, 4.69) is 4.99 Å². The number of carbonyl (C=O) groups is 1. The van der Waals surface area contributed by atoms with Crippen molar-refractivity contribution in [3.05, 3.63) is 0 Å². The van der Waals surface area contributed by atoms with Gasteiger partial charge in [-0.05, 0) is 13.2 Å². The molecule has 1 amide bonds. The molecule has 0 N–H and O–H groups in total. The molecule has 0 radical (unpaired) electrons. The van der Waals surface area contributed by atoms with E-state index in [9.17, 15) is 4.79 Å². The molecular formula is C6H10N2OS. The third-order valence-electron chi connectivity index (χ3n) is 1.38. The standard InChI is InChI=1S/C6H10N2OS/c1-3-8-4-5(9)7-6(8)10-2/h3-4H2,1-2H3. The van der Waals surface area contributed by atoms with Crippen LogP contribution in [0.4, 0.5) is 0 Å². The first kappa shape index (κ1) is 7.60. The molecule has 0 saturated heterocycles. The second-order valence-electron chi connectivity index (χ2n) is 2.01. The number of aliphatic imine (C=N–C) groups is 1. The fourth-order valence-electron chi connectivity index (χ4n) is 0.865. The number of hydrogen-bond donors (Lipinski definition) is 0. The third-order valence-corrected chi connectivity index (χ3v) is 2.10. The average Bonchev–Trinajstić information content (AvgIpc) is 2.30. The fourth-order valence-corrected chi connectivity index (χ4v) is 1.51. The lowest BCUT2D eigenvalue weighted by Gasteiger charge is -2.13. The summed E-state index contributed by atoms with van der Waals surface area (Å²) in [5, 5.41) is 0.854. The predicted octanol–water partition coefficient (Wildman–Crippen LogP) is 0.568. The van der Waals surface area contributed by atoms with Crippen LogP contribution < -0.4 is 0 Å². The topological polar surface area (TPSA) is 32.7 Å². The van der Waals surface area contributed by atoms with Crippen LogP contribution in [-0.4, -0.2) is 35.3 Å². The minimum Gasteiger partial charge on any atom is -0.342 e. The summed E-state index contributed by atoms with van der Waals surface area (Å²) in [5.41, 5.74) is 0. The van der Waals surface area contributed by atoms with E-state index in [0.29, 0.717) is 6.54 Å². The van der Waals surface area contributed by atoms with Gasteiger partial charge in [-0.3, -0.25) is 4.79 Å². The summed E-state index contributed by atoms with van der Waals surface area (Å²) in [4.78, 5) is 16.5. The second-order valence-corrected chi connectivity index (χ2v) is 2.78. The van der Waals surface area contributed by atoms with Crippen molar-refractivity contribution in [3.63, 3.8) is 0 Å². The Morgan fingerprint density at radius 2 is 2.50 bits per heavy atom. The van der Waals surface area contributed by atoms with Crippen LogP contribution in [0, 0.1) is 0 Å². The van der Waals surface area contributed by atoms with Crippen LogP contribution in [0.2, 0.25) is 0 Å². The van der Waals surface area contributed by atoms with Gasteiger partial charge in [-0.1, -0.05) is 11.8 Å². The summed E-state index contributed by atoms with van der Waals surface area (Å²) in [6, 6.07) is 0. The van der Waals surface area contributed by atoms with Crippen LogP contribution in [0.1, 0.15) is 6.92 Å². The van der Waals surface area contributed by atoms with Crippen molar-refractivity contribution in [3.8, 4) is 0 Å². The van der Waals surface area contributed by atoms with Gasteiger partial charge in [0, 0.05) is 6.54 Å². The SMILES string of the molecule is CCN1CC(=O)N=C1SC. The number of hydrogen-bond acceptors (Lipinski definition) is 3. The molecule has 56 valence electrons. The van der Waals surface area contributed by atoms with Gasteiger partial charge in [-0.25, -0.2) is 0 Å². The van der Waals surface area contributed by atoms with Gasteiger partial charge in [0.2, 0.25) is 0 Å². The Morgan fingerprint density at radius 3 is 2.90 bits per heavy atom. The van der Waals surface area contributed by atoms with Crippen molar-refractivity contribution in [1.29, 1.82) is 0 Å². The molecule has 0 aromatic carbocycles. The van der Waals surface area contributed by atoms with E-state index in [-0.39, 0.29) is 5.91 Å². The largest absolute Gasteiger partial charge is 0.342 e. The molecule has 0 aliphatic carbocycles. The molecule has 10 heavy (non-hydrogen) atoms. The van der Waals surface area contributed by atoms with Crippen molar-refractivity contribution in [2.75, 3.05) is 19.3 Å². The van der Waals surface area contributed by atoms with Crippen LogP contribution >= 0.6 is 11.8 Å². The maximum Gasteiger partial charge on any atom is 0.267 e. The summed E-state index contributed by atoms with van der Waals surface area (Å²) in [5.74, 6) is -0.0220. The van der Waals surface area contributed by atoms with E-state index in [4.69, 9.17) is 0 Å². The van der Waals surface area contributed by atoms with Gasteiger partial charge in [0.15, 0.2) is 5.17 Å². The number of likely N-dealkylation sites (N-methyl/N-ethyl adjacent to an activating group) is 1. The highest BCUT2D eigenvalue weighted by Gasteiger charge is 2.19. The van der Waals surface area contributed by atoms with Gasteiger partial charge in [0.1, 0.15) is 6.54 Å². The van der Waals surface area contributed by atoms with E-state index in [0.717, 1.165) is 11.7 Å². The number of amidine groups is 1. The second kappa shape index (κ2) is 3.05. The maximum absolute atomic E-state index is 10.7. The lowest BCUT2D eigenvalue weighted by Crippen LogP contribution is -2.25. The molecule has 1 aliphatic heterocycles. The Bertz CT molecular complexity index is 179. The summed E-state index contributed by atoms with van der Waals surface area (Å²) >= 11 is 1.52. The molecule has 0 saturated carbocycles. The van der Waals surface area contributed by atoms with Crippen LogP contribution in [0.15, 0.2) is 4.99 Å². The monoisotopic (exact) mass is 158 g/mol. The van der Waals surface area contributed by atoms with E-state index in [1.165, 1.54) is 11.8 Å². The molecule has 0 aromatic heterocycles. The highest BCUT2D eigenvalue weighted by molar-refractivity contribution is 8.13. The van der Waals surface area contributed by atoms with Crippen molar-refractivity contribution in [2.24, 2.45) is 4.99 Å². The van der Waals surface area contributed by atoms with Crippen LogP contribution in [0.3, 0.4) is 0 Å². The van der Waals surface area contributed by atoms with E-state index in [1.54, 1.807) is 0 Å². The molecule has 3 nitrogen and oxygen atoms in total. The minimum atomic E-state index is -0.0220. The van der Waals surface area contributed by atoms with Crippen molar-refractivity contribution in [2.45, 2.75) is 6.92 Å². The van der Waals surface area contributed by atoms with Gasteiger partial charge >= 0.3 is 0 Å². The number of amides is 1. The first-order chi connectivity index (χ1) is 4.77. The Morgan fingerprint density at radius 1 is 1.80 bits per heavy atom. The smallest absolute Gasteiger partial charge is 0.267 e. The van der Waals surface area contributed by atoms with Crippen molar-refractivity contribution in [1.82, 2.24) is 4.90 Å². The minimum absolute atomic E-state index is 0.0220. The first-order valence-corrected chi connectivity index (χ1v) is 4.41. The predicted molar refractivity (Wildman–Crippen MR) is 43.2 cm³/mol. The van der Waals surface area contributed by atoms with E-state index >= 15 is 0 Å². The Labute approximate surface area is 64.5 Å². The summed E-state index contributed by atoms with van der Waals surface area (Å²) in [6.45, 7) is 3.35. The molecule has 1 aliphatic rings. The Kier molecular flexibility index (Phi) is 2.32. The maximum atomic E-state index is 10.7. The molecule has 0 fully saturated rings. The first-order valence-electron chi connectivity index (χ1n) is 3.18. The molecule has 4 heteroatoms. The summed E-state index contributed by atoms with van der Waals surface area (Å²) in [7, 11) is 0. The Balaban J connectivity index is 2.65. The number of carbonyl (C=O) groups excluding carboxylic acids is 1. The van der Waals surface area contributed by atoms with Gasteiger partial charge in [-0.2, -0.15) is 4.99 Å². The number of nitrogens with zero attached hydrogens (tertiary/aromatic N) is 2. The zero-order valence-electron chi connectivity index (χ0n) is 6.13. The quantitative estimate of drug-likeness (QED) is 0.559. The van der Waals surface area contributed by atoms with Gasteiger partial charge in [-0.15, -0.1) is 0 Å². The number of thioether (sulfide) groups is 1. The molecular weight excluding hydrogens is 148 g/mol. The lowest BCUT2D eigenvalue weighted by molar-refractivity contribution is -0.117. The zero-order chi connectivity index (χ0) is 7.56. The van der Waals surface area contributed by atoms with Crippen molar-refractivity contribution >= 4 is 22.8 Å². The van der Waals surface area contributed by atoms with E-state index < -0.39 is 0 Å². The fraction of sp³-hybridized carbons (Fsp3) is 0.667. The molecule has 0 atom stereocenters. The highest BCUT2D eigenvalue weighted by Crippen LogP contribution is 2.10. The molecule has 0 aromatic rings. The molecule has 0 unspecified atom stereocenters. The normalized spacial score (nSPS) is 18.0.